The minimum absolute atomic E-state index is 0.0152. The molecule has 2 aliphatic rings. The van der Waals surface area contributed by atoms with Gasteiger partial charge in [-0.1, -0.05) is 42.5 Å². The zero-order valence-corrected chi connectivity index (χ0v) is 16.2. The second-order valence-electron chi connectivity index (χ2n) is 7.98. The van der Waals surface area contributed by atoms with E-state index in [4.69, 9.17) is 0 Å². The molecule has 3 amide bonds. The van der Waals surface area contributed by atoms with Gasteiger partial charge in [-0.15, -0.1) is 0 Å². The van der Waals surface area contributed by atoms with Crippen molar-refractivity contribution < 1.29 is 19.5 Å². The Bertz CT molecular complexity index is 908. The number of carbonyl (C=O) groups excluding carboxylic acids is 3. The summed E-state index contributed by atoms with van der Waals surface area (Å²) in [6.45, 7) is 0.705. The molecule has 0 saturated carbocycles. The summed E-state index contributed by atoms with van der Waals surface area (Å²) in [6, 6.07) is 16.6. The Kier molecular flexibility index (Phi) is 5.20. The first kappa shape index (κ1) is 19.3. The van der Waals surface area contributed by atoms with E-state index in [1.807, 2.05) is 30.3 Å². The lowest BCUT2D eigenvalue weighted by Crippen LogP contribution is -2.52. The molecule has 29 heavy (non-hydrogen) atoms. The standard InChI is InChI=1S/C23H24N2O4/c26-16-23(13-17-7-2-1-3-8-17)11-6-12-24(15-23)20(27)14-25-21(28)18-9-4-5-10-19(18)22(25)29/h1-5,7-10,26H,6,11-16H2/t23-/m0/s1. The van der Waals surface area contributed by atoms with Crippen LogP contribution in [0.5, 0.6) is 0 Å². The average molecular weight is 392 g/mol. The van der Waals surface area contributed by atoms with E-state index >= 15 is 0 Å². The smallest absolute Gasteiger partial charge is 0.262 e. The predicted octanol–water partition coefficient (Wildman–Crippen LogP) is 2.13. The topological polar surface area (TPSA) is 77.9 Å². The zero-order chi connectivity index (χ0) is 20.4. The van der Waals surface area contributed by atoms with Gasteiger partial charge in [0.15, 0.2) is 0 Å². The van der Waals surface area contributed by atoms with E-state index in [-0.39, 0.29) is 19.1 Å². The predicted molar refractivity (Wildman–Crippen MR) is 107 cm³/mol. The molecule has 1 saturated heterocycles. The molecule has 2 aromatic carbocycles. The van der Waals surface area contributed by atoms with Gasteiger partial charge in [-0.05, 0) is 37.0 Å². The van der Waals surface area contributed by atoms with Gasteiger partial charge in [0.2, 0.25) is 5.91 Å². The third-order valence-electron chi connectivity index (χ3n) is 5.94. The van der Waals surface area contributed by atoms with Crippen LogP contribution in [0.4, 0.5) is 0 Å². The van der Waals surface area contributed by atoms with Crippen LogP contribution in [0.3, 0.4) is 0 Å². The summed E-state index contributed by atoms with van der Waals surface area (Å²) < 4.78 is 0. The fraction of sp³-hybridized carbons (Fsp3) is 0.348. The van der Waals surface area contributed by atoms with Crippen LogP contribution in [0.1, 0.15) is 39.1 Å². The first-order chi connectivity index (χ1) is 14.0. The molecule has 0 aromatic heterocycles. The molecule has 0 unspecified atom stereocenters. The maximum Gasteiger partial charge on any atom is 0.262 e. The second-order valence-corrected chi connectivity index (χ2v) is 7.98. The number of fused-ring (bicyclic) bond motifs is 1. The molecule has 6 heteroatoms. The molecule has 2 aromatic rings. The number of rotatable bonds is 5. The maximum absolute atomic E-state index is 13.0. The van der Waals surface area contributed by atoms with Crippen molar-refractivity contribution in [3.8, 4) is 0 Å². The number of imide groups is 1. The van der Waals surface area contributed by atoms with Gasteiger partial charge in [0.1, 0.15) is 6.54 Å². The second kappa shape index (κ2) is 7.79. The quantitative estimate of drug-likeness (QED) is 0.791. The number of hydrogen-bond donors (Lipinski definition) is 1. The lowest BCUT2D eigenvalue weighted by molar-refractivity contribution is -0.135. The number of hydrogen-bond acceptors (Lipinski definition) is 4. The molecule has 2 heterocycles. The zero-order valence-electron chi connectivity index (χ0n) is 16.2. The number of likely N-dealkylation sites (tertiary alicyclic amines) is 1. The number of carbonyl (C=O) groups is 3. The molecule has 6 nitrogen and oxygen atoms in total. The summed E-state index contributed by atoms with van der Waals surface area (Å²) in [7, 11) is 0. The largest absolute Gasteiger partial charge is 0.396 e. The van der Waals surface area contributed by atoms with Crippen LogP contribution in [-0.4, -0.2) is 58.9 Å². The van der Waals surface area contributed by atoms with Crippen molar-refractivity contribution in [3.05, 3.63) is 71.3 Å². The normalized spacial score (nSPS) is 21.4. The van der Waals surface area contributed by atoms with E-state index in [1.54, 1.807) is 29.2 Å². The van der Waals surface area contributed by atoms with Crippen LogP contribution in [0.2, 0.25) is 0 Å². The minimum atomic E-state index is -0.423. The Morgan fingerprint density at radius 3 is 2.21 bits per heavy atom. The van der Waals surface area contributed by atoms with Crippen LogP contribution < -0.4 is 0 Å². The van der Waals surface area contributed by atoms with Gasteiger partial charge >= 0.3 is 0 Å². The number of aliphatic hydroxyl groups excluding tert-OH is 1. The highest BCUT2D eigenvalue weighted by molar-refractivity contribution is 6.22. The molecule has 2 aliphatic heterocycles. The van der Waals surface area contributed by atoms with Crippen LogP contribution in [-0.2, 0) is 11.2 Å². The Hall–Kier alpha value is -2.99. The van der Waals surface area contributed by atoms with Crippen LogP contribution in [0.25, 0.3) is 0 Å². The number of benzene rings is 2. The molecule has 0 bridgehead atoms. The van der Waals surface area contributed by atoms with Crippen molar-refractivity contribution in [1.29, 1.82) is 0 Å². The third kappa shape index (κ3) is 3.68. The van der Waals surface area contributed by atoms with Crippen LogP contribution >= 0.6 is 0 Å². The monoisotopic (exact) mass is 392 g/mol. The molecule has 4 rings (SSSR count). The summed E-state index contributed by atoms with van der Waals surface area (Å²) in [4.78, 5) is 40.8. The van der Waals surface area contributed by atoms with Gasteiger partial charge in [-0.25, -0.2) is 0 Å². The SMILES string of the molecule is O=C(CN1C(=O)c2ccccc2C1=O)N1CCC[C@](CO)(Cc2ccccc2)C1. The molecule has 0 radical (unpaired) electrons. The highest BCUT2D eigenvalue weighted by Crippen LogP contribution is 2.33. The fourth-order valence-electron chi connectivity index (χ4n) is 4.40. The lowest BCUT2D eigenvalue weighted by atomic mass is 9.75. The van der Waals surface area contributed by atoms with E-state index in [2.05, 4.69) is 0 Å². The van der Waals surface area contributed by atoms with Gasteiger partial charge < -0.3 is 10.0 Å². The highest BCUT2D eigenvalue weighted by atomic mass is 16.3. The molecule has 0 spiro atoms. The Balaban J connectivity index is 1.46. The van der Waals surface area contributed by atoms with E-state index in [0.717, 1.165) is 23.3 Å². The Labute approximate surface area is 169 Å². The Morgan fingerprint density at radius 2 is 1.59 bits per heavy atom. The van der Waals surface area contributed by atoms with Crippen LogP contribution in [0, 0.1) is 5.41 Å². The first-order valence-corrected chi connectivity index (χ1v) is 9.91. The molecule has 0 aliphatic carbocycles. The van der Waals surface area contributed by atoms with Gasteiger partial charge in [0.05, 0.1) is 17.7 Å². The fourth-order valence-corrected chi connectivity index (χ4v) is 4.40. The van der Waals surface area contributed by atoms with Gasteiger partial charge in [0.25, 0.3) is 11.8 Å². The summed E-state index contributed by atoms with van der Waals surface area (Å²) in [6.07, 6.45) is 2.29. The molecular formula is C23H24N2O4. The number of amides is 3. The number of nitrogens with zero attached hydrogens (tertiary/aromatic N) is 2. The summed E-state index contributed by atoms with van der Waals surface area (Å²) >= 11 is 0. The molecule has 150 valence electrons. The maximum atomic E-state index is 13.0. The van der Waals surface area contributed by atoms with Crippen molar-refractivity contribution in [2.24, 2.45) is 5.41 Å². The molecule has 1 fully saturated rings. The van der Waals surface area contributed by atoms with Crippen molar-refractivity contribution >= 4 is 17.7 Å². The first-order valence-electron chi connectivity index (χ1n) is 9.91. The lowest BCUT2D eigenvalue weighted by Gasteiger charge is -2.42. The Morgan fingerprint density at radius 1 is 0.966 bits per heavy atom. The summed E-state index contributed by atoms with van der Waals surface area (Å²) in [5.74, 6) is -1.10. The molecule has 1 N–H and O–H groups in total. The molecular weight excluding hydrogens is 368 g/mol. The van der Waals surface area contributed by atoms with E-state index in [9.17, 15) is 19.5 Å². The van der Waals surface area contributed by atoms with Gasteiger partial charge in [0, 0.05) is 18.5 Å². The number of aliphatic hydroxyl groups is 1. The van der Waals surface area contributed by atoms with E-state index < -0.39 is 17.2 Å². The van der Waals surface area contributed by atoms with Gasteiger partial charge in [-0.2, -0.15) is 0 Å². The van der Waals surface area contributed by atoms with Crippen molar-refractivity contribution in [2.45, 2.75) is 19.3 Å². The molecule has 1 atom stereocenters. The highest BCUT2D eigenvalue weighted by Gasteiger charge is 2.40. The van der Waals surface area contributed by atoms with Crippen molar-refractivity contribution in [2.75, 3.05) is 26.2 Å². The van der Waals surface area contributed by atoms with Gasteiger partial charge in [-0.3, -0.25) is 19.3 Å². The van der Waals surface area contributed by atoms with E-state index in [0.29, 0.717) is 30.6 Å². The summed E-state index contributed by atoms with van der Waals surface area (Å²) in [5.41, 5.74) is 1.41. The summed E-state index contributed by atoms with van der Waals surface area (Å²) in [5, 5.41) is 10.1. The van der Waals surface area contributed by atoms with Crippen molar-refractivity contribution in [3.63, 3.8) is 0 Å². The average Bonchev–Trinajstić information content (AvgIpc) is 2.99. The number of piperidine rings is 1. The van der Waals surface area contributed by atoms with Crippen LogP contribution in [0.15, 0.2) is 54.6 Å². The van der Waals surface area contributed by atoms with E-state index in [1.165, 1.54) is 0 Å². The minimum Gasteiger partial charge on any atom is -0.396 e. The third-order valence-corrected chi connectivity index (χ3v) is 5.94. The van der Waals surface area contributed by atoms with Crippen molar-refractivity contribution in [1.82, 2.24) is 9.80 Å².